The van der Waals surface area contributed by atoms with Crippen molar-refractivity contribution in [3.63, 3.8) is 0 Å². The van der Waals surface area contributed by atoms with Gasteiger partial charge in [0.05, 0.1) is 11.7 Å². The number of aromatic nitrogens is 5. The number of carbonyl (C=O) groups is 1. The van der Waals surface area contributed by atoms with Gasteiger partial charge in [0, 0.05) is 18.7 Å². The average molecular weight is 289 g/mol. The van der Waals surface area contributed by atoms with Crippen molar-refractivity contribution < 1.29 is 4.79 Å². The molecule has 21 heavy (non-hydrogen) atoms. The predicted octanol–water partition coefficient (Wildman–Crippen LogP) is 0.158. The molecule has 3 heterocycles. The van der Waals surface area contributed by atoms with E-state index in [4.69, 9.17) is 0 Å². The van der Waals surface area contributed by atoms with Crippen LogP contribution in [-0.2, 0) is 19.5 Å². The lowest BCUT2D eigenvalue weighted by molar-refractivity contribution is 0.0931. The molecule has 1 atom stereocenters. The number of aryl methyl sites for hydroxylation is 1. The monoisotopic (exact) mass is 289 g/mol. The molecular formula is C13H19N7O. The van der Waals surface area contributed by atoms with Crippen molar-refractivity contribution in [1.29, 1.82) is 0 Å². The van der Waals surface area contributed by atoms with E-state index in [0.29, 0.717) is 5.69 Å². The zero-order valence-corrected chi connectivity index (χ0v) is 12.2. The normalized spacial score (nSPS) is 15.5. The van der Waals surface area contributed by atoms with Gasteiger partial charge < -0.3 is 10.6 Å². The fraction of sp³-hybridized carbons (Fsp3) is 0.538. The van der Waals surface area contributed by atoms with E-state index < -0.39 is 0 Å². The van der Waals surface area contributed by atoms with E-state index >= 15 is 0 Å². The summed E-state index contributed by atoms with van der Waals surface area (Å²) in [4.78, 5) is 16.6. The van der Waals surface area contributed by atoms with Gasteiger partial charge >= 0.3 is 0 Å². The molecule has 8 nitrogen and oxygen atoms in total. The Hall–Kier alpha value is -2.22. The third kappa shape index (κ3) is 2.54. The Bertz CT molecular complexity index is 645. The van der Waals surface area contributed by atoms with Crippen molar-refractivity contribution in [3.8, 4) is 0 Å². The van der Waals surface area contributed by atoms with E-state index in [2.05, 4.69) is 30.9 Å². The van der Waals surface area contributed by atoms with Gasteiger partial charge in [0.1, 0.15) is 12.2 Å². The quantitative estimate of drug-likeness (QED) is 0.744. The highest BCUT2D eigenvalue weighted by molar-refractivity contribution is 5.94. The highest BCUT2D eigenvalue weighted by Gasteiger charge is 2.23. The van der Waals surface area contributed by atoms with Gasteiger partial charge in [-0.2, -0.15) is 10.2 Å². The SMILES string of the molecule is CCn1ncnc1C(C)NC(=O)c1n[nH]c2c1CCNC2. The van der Waals surface area contributed by atoms with E-state index in [1.54, 1.807) is 4.68 Å². The van der Waals surface area contributed by atoms with Crippen molar-refractivity contribution in [1.82, 2.24) is 35.6 Å². The van der Waals surface area contributed by atoms with E-state index in [9.17, 15) is 4.79 Å². The third-order valence-corrected chi connectivity index (χ3v) is 3.70. The predicted molar refractivity (Wildman–Crippen MR) is 75.6 cm³/mol. The molecule has 2 aromatic rings. The lowest BCUT2D eigenvalue weighted by Crippen LogP contribution is -2.31. The van der Waals surface area contributed by atoms with Crippen molar-refractivity contribution in [2.75, 3.05) is 6.54 Å². The smallest absolute Gasteiger partial charge is 0.272 e. The minimum Gasteiger partial charge on any atom is -0.341 e. The summed E-state index contributed by atoms with van der Waals surface area (Å²) in [5.74, 6) is 0.574. The molecule has 0 aromatic carbocycles. The van der Waals surface area contributed by atoms with Crippen LogP contribution in [0, 0.1) is 0 Å². The van der Waals surface area contributed by atoms with Crippen LogP contribution < -0.4 is 10.6 Å². The maximum atomic E-state index is 12.4. The fourth-order valence-corrected chi connectivity index (χ4v) is 2.61. The molecule has 1 aliphatic heterocycles. The van der Waals surface area contributed by atoms with Crippen LogP contribution in [0.3, 0.4) is 0 Å². The van der Waals surface area contributed by atoms with Gasteiger partial charge in [-0.1, -0.05) is 0 Å². The Morgan fingerprint density at radius 3 is 3.24 bits per heavy atom. The molecular weight excluding hydrogens is 270 g/mol. The first-order chi connectivity index (χ1) is 10.2. The average Bonchev–Trinajstić information content (AvgIpc) is 3.13. The molecule has 0 saturated heterocycles. The molecule has 1 amide bonds. The van der Waals surface area contributed by atoms with Crippen molar-refractivity contribution in [3.05, 3.63) is 29.1 Å². The number of amides is 1. The summed E-state index contributed by atoms with van der Waals surface area (Å²) in [6.45, 7) is 6.21. The molecule has 3 N–H and O–H groups in total. The molecule has 112 valence electrons. The number of hydrogen-bond acceptors (Lipinski definition) is 5. The maximum absolute atomic E-state index is 12.4. The molecule has 0 radical (unpaired) electrons. The Morgan fingerprint density at radius 1 is 1.57 bits per heavy atom. The van der Waals surface area contributed by atoms with Crippen molar-refractivity contribution in [2.24, 2.45) is 0 Å². The Kier molecular flexibility index (Phi) is 3.70. The molecule has 3 rings (SSSR count). The van der Waals surface area contributed by atoms with Crippen LogP contribution in [0.5, 0.6) is 0 Å². The van der Waals surface area contributed by atoms with Crippen molar-refractivity contribution in [2.45, 2.75) is 39.4 Å². The molecule has 1 aliphatic rings. The van der Waals surface area contributed by atoms with Gasteiger partial charge in [0.25, 0.3) is 5.91 Å². The molecule has 0 saturated carbocycles. The molecule has 1 unspecified atom stereocenters. The van der Waals surface area contributed by atoms with Crippen LogP contribution in [-0.4, -0.2) is 37.4 Å². The second-order valence-electron chi connectivity index (χ2n) is 5.09. The number of aromatic amines is 1. The lowest BCUT2D eigenvalue weighted by Gasteiger charge is -2.15. The molecule has 0 spiro atoms. The van der Waals surface area contributed by atoms with E-state index in [0.717, 1.165) is 43.1 Å². The Balaban J connectivity index is 1.76. The van der Waals surface area contributed by atoms with Gasteiger partial charge in [-0.25, -0.2) is 9.67 Å². The van der Waals surface area contributed by atoms with Gasteiger partial charge in [0.2, 0.25) is 0 Å². The number of fused-ring (bicyclic) bond motifs is 1. The van der Waals surface area contributed by atoms with E-state index in [-0.39, 0.29) is 11.9 Å². The number of rotatable bonds is 4. The first-order valence-electron chi connectivity index (χ1n) is 7.16. The summed E-state index contributed by atoms with van der Waals surface area (Å²) in [7, 11) is 0. The zero-order valence-electron chi connectivity index (χ0n) is 12.2. The summed E-state index contributed by atoms with van der Waals surface area (Å²) in [6, 6.07) is -0.214. The minimum absolute atomic E-state index is 0.174. The van der Waals surface area contributed by atoms with Crippen LogP contribution in [0.15, 0.2) is 6.33 Å². The highest BCUT2D eigenvalue weighted by atomic mass is 16.2. The summed E-state index contributed by atoms with van der Waals surface area (Å²) >= 11 is 0. The zero-order chi connectivity index (χ0) is 14.8. The molecule has 8 heteroatoms. The summed E-state index contributed by atoms with van der Waals surface area (Å²) < 4.78 is 1.77. The minimum atomic E-state index is -0.214. The van der Waals surface area contributed by atoms with Gasteiger partial charge in [-0.15, -0.1) is 0 Å². The van der Waals surface area contributed by atoms with Crippen LogP contribution in [0.1, 0.15) is 47.5 Å². The van der Waals surface area contributed by atoms with Crippen molar-refractivity contribution >= 4 is 5.91 Å². The number of hydrogen-bond donors (Lipinski definition) is 3. The number of nitrogens with one attached hydrogen (secondary N) is 3. The lowest BCUT2D eigenvalue weighted by atomic mass is 10.1. The third-order valence-electron chi connectivity index (χ3n) is 3.70. The summed E-state index contributed by atoms with van der Waals surface area (Å²) in [5.41, 5.74) is 2.49. The van der Waals surface area contributed by atoms with Crippen LogP contribution in [0.25, 0.3) is 0 Å². The van der Waals surface area contributed by atoms with Gasteiger partial charge in [-0.3, -0.25) is 9.89 Å². The second kappa shape index (κ2) is 5.65. The number of carbonyl (C=O) groups excluding carboxylic acids is 1. The molecule has 0 fully saturated rings. The van der Waals surface area contributed by atoms with Gasteiger partial charge in [0.15, 0.2) is 5.69 Å². The highest BCUT2D eigenvalue weighted by Crippen LogP contribution is 2.17. The van der Waals surface area contributed by atoms with E-state index in [1.165, 1.54) is 6.33 Å². The number of nitrogens with zero attached hydrogens (tertiary/aromatic N) is 4. The standard InChI is InChI=1S/C13H19N7O/c1-3-20-12(15-7-16-20)8(2)17-13(21)11-9-4-5-14-6-10(9)18-19-11/h7-8,14H,3-6H2,1-2H3,(H,17,21)(H,18,19). The fourth-order valence-electron chi connectivity index (χ4n) is 2.61. The van der Waals surface area contributed by atoms with E-state index in [1.807, 2.05) is 13.8 Å². The van der Waals surface area contributed by atoms with Crippen LogP contribution >= 0.6 is 0 Å². The topological polar surface area (TPSA) is 101 Å². The first kappa shape index (κ1) is 13.7. The maximum Gasteiger partial charge on any atom is 0.272 e. The Labute approximate surface area is 122 Å². The second-order valence-corrected chi connectivity index (χ2v) is 5.09. The first-order valence-corrected chi connectivity index (χ1v) is 7.16. The van der Waals surface area contributed by atoms with Crippen LogP contribution in [0.4, 0.5) is 0 Å². The Morgan fingerprint density at radius 2 is 2.43 bits per heavy atom. The number of H-pyrrole nitrogens is 1. The molecule has 0 bridgehead atoms. The molecule has 2 aromatic heterocycles. The summed E-state index contributed by atoms with van der Waals surface area (Å²) in [6.07, 6.45) is 2.32. The summed E-state index contributed by atoms with van der Waals surface area (Å²) in [5, 5.41) is 17.4. The van der Waals surface area contributed by atoms with Gasteiger partial charge in [-0.05, 0) is 26.8 Å². The largest absolute Gasteiger partial charge is 0.341 e. The van der Waals surface area contributed by atoms with Crippen LogP contribution in [0.2, 0.25) is 0 Å². The molecule has 0 aliphatic carbocycles.